The maximum absolute atomic E-state index is 12.1. The standard InChI is InChI=1S/C14H16ClN5O2/c1-7-6-11(17-12(21)8(2)15)20(19-7)14-16-10-5-3-4-9(10)13(22)18-14/h6,8H,3-5H2,1-2H3,(H,17,21)(H,16,18,22)/t8-/m1/s1. The normalized spacial score (nSPS) is 14.7. The molecular weight excluding hydrogens is 306 g/mol. The lowest BCUT2D eigenvalue weighted by atomic mass is 10.3. The molecule has 0 bridgehead atoms. The molecular formula is C14H16ClN5O2. The number of H-pyrrole nitrogens is 1. The molecule has 22 heavy (non-hydrogen) atoms. The lowest BCUT2D eigenvalue weighted by molar-refractivity contribution is -0.115. The topological polar surface area (TPSA) is 92.7 Å². The number of carbonyl (C=O) groups excluding carboxylic acids is 1. The van der Waals surface area contributed by atoms with Gasteiger partial charge in [-0.3, -0.25) is 14.6 Å². The predicted molar refractivity (Wildman–Crippen MR) is 82.7 cm³/mol. The fraction of sp³-hybridized carbons (Fsp3) is 0.429. The molecule has 7 nitrogen and oxygen atoms in total. The number of hydrogen-bond donors (Lipinski definition) is 2. The van der Waals surface area contributed by atoms with Crippen LogP contribution in [-0.2, 0) is 17.6 Å². The summed E-state index contributed by atoms with van der Waals surface area (Å²) in [6.07, 6.45) is 2.47. The number of fused-ring (bicyclic) bond motifs is 1. The van der Waals surface area contributed by atoms with Crippen molar-refractivity contribution >= 4 is 23.3 Å². The number of amides is 1. The van der Waals surface area contributed by atoms with Crippen LogP contribution in [-0.4, -0.2) is 31.0 Å². The Morgan fingerprint density at radius 3 is 3.00 bits per heavy atom. The van der Waals surface area contributed by atoms with Crippen LogP contribution in [0.25, 0.3) is 5.95 Å². The van der Waals surface area contributed by atoms with Crippen LogP contribution in [0.1, 0.15) is 30.3 Å². The molecule has 3 rings (SSSR count). The molecule has 8 heteroatoms. The zero-order valence-corrected chi connectivity index (χ0v) is 13.1. The zero-order chi connectivity index (χ0) is 15.9. The van der Waals surface area contributed by atoms with Crippen molar-refractivity contribution in [3.63, 3.8) is 0 Å². The van der Waals surface area contributed by atoms with Gasteiger partial charge in [0.15, 0.2) is 0 Å². The molecule has 1 aliphatic rings. The summed E-state index contributed by atoms with van der Waals surface area (Å²) in [7, 11) is 0. The van der Waals surface area contributed by atoms with E-state index >= 15 is 0 Å². The Kier molecular flexibility index (Phi) is 3.74. The van der Waals surface area contributed by atoms with E-state index < -0.39 is 5.38 Å². The third-order valence-electron chi connectivity index (χ3n) is 3.57. The molecule has 0 saturated heterocycles. The number of aryl methyl sites for hydroxylation is 2. The van der Waals surface area contributed by atoms with Crippen molar-refractivity contribution in [3.05, 3.63) is 33.4 Å². The van der Waals surface area contributed by atoms with Crippen LogP contribution in [0.3, 0.4) is 0 Å². The van der Waals surface area contributed by atoms with Crippen LogP contribution >= 0.6 is 11.6 Å². The maximum atomic E-state index is 12.1. The van der Waals surface area contributed by atoms with Gasteiger partial charge in [0, 0.05) is 11.6 Å². The van der Waals surface area contributed by atoms with Crippen LogP contribution in [0.4, 0.5) is 5.82 Å². The van der Waals surface area contributed by atoms with E-state index in [0.29, 0.717) is 17.5 Å². The van der Waals surface area contributed by atoms with Crippen molar-refractivity contribution in [2.75, 3.05) is 5.32 Å². The predicted octanol–water partition coefficient (Wildman–Crippen LogP) is 1.32. The van der Waals surface area contributed by atoms with Gasteiger partial charge < -0.3 is 5.32 Å². The van der Waals surface area contributed by atoms with E-state index in [4.69, 9.17) is 11.6 Å². The van der Waals surface area contributed by atoms with Crippen LogP contribution < -0.4 is 10.9 Å². The number of anilines is 1. The summed E-state index contributed by atoms with van der Waals surface area (Å²) in [5, 5.41) is 6.30. The summed E-state index contributed by atoms with van der Waals surface area (Å²) < 4.78 is 1.42. The highest BCUT2D eigenvalue weighted by Gasteiger charge is 2.20. The van der Waals surface area contributed by atoms with Crippen molar-refractivity contribution in [1.82, 2.24) is 19.7 Å². The number of aromatic nitrogens is 4. The number of aromatic amines is 1. The second-order valence-corrected chi connectivity index (χ2v) is 6.01. The minimum absolute atomic E-state index is 0.145. The van der Waals surface area contributed by atoms with Gasteiger partial charge in [0.1, 0.15) is 11.2 Å². The van der Waals surface area contributed by atoms with Gasteiger partial charge in [-0.2, -0.15) is 9.78 Å². The molecule has 0 spiro atoms. The van der Waals surface area contributed by atoms with Crippen molar-refractivity contribution < 1.29 is 4.79 Å². The minimum atomic E-state index is -0.671. The molecule has 0 radical (unpaired) electrons. The fourth-order valence-corrected chi connectivity index (χ4v) is 2.56. The number of halogens is 1. The lowest BCUT2D eigenvalue weighted by Crippen LogP contribution is -2.24. The zero-order valence-electron chi connectivity index (χ0n) is 12.3. The van der Waals surface area contributed by atoms with E-state index in [2.05, 4.69) is 20.4 Å². The van der Waals surface area contributed by atoms with E-state index in [-0.39, 0.29) is 11.5 Å². The molecule has 116 valence electrons. The molecule has 2 N–H and O–H groups in total. The number of nitrogens with one attached hydrogen (secondary N) is 2. The van der Waals surface area contributed by atoms with E-state index in [1.165, 1.54) is 4.68 Å². The molecule has 1 amide bonds. The highest BCUT2D eigenvalue weighted by molar-refractivity contribution is 6.32. The van der Waals surface area contributed by atoms with Gasteiger partial charge in [-0.15, -0.1) is 11.6 Å². The summed E-state index contributed by atoms with van der Waals surface area (Å²) in [6.45, 7) is 3.38. The molecule has 1 atom stereocenters. The van der Waals surface area contributed by atoms with Crippen LogP contribution in [0.5, 0.6) is 0 Å². The summed E-state index contributed by atoms with van der Waals surface area (Å²) >= 11 is 5.77. The van der Waals surface area contributed by atoms with Gasteiger partial charge in [-0.1, -0.05) is 0 Å². The third kappa shape index (κ3) is 2.64. The first-order valence-corrected chi connectivity index (χ1v) is 7.53. The average Bonchev–Trinajstić information content (AvgIpc) is 3.05. The van der Waals surface area contributed by atoms with E-state index in [0.717, 1.165) is 30.5 Å². The molecule has 0 fully saturated rings. The van der Waals surface area contributed by atoms with E-state index in [1.54, 1.807) is 19.9 Å². The second kappa shape index (κ2) is 5.57. The molecule has 2 aromatic rings. The monoisotopic (exact) mass is 321 g/mol. The summed E-state index contributed by atoms with van der Waals surface area (Å²) in [5.74, 6) is 0.388. The molecule has 1 aliphatic carbocycles. The first kappa shape index (κ1) is 14.8. The summed E-state index contributed by atoms with van der Waals surface area (Å²) in [6, 6.07) is 1.70. The molecule has 2 heterocycles. The maximum Gasteiger partial charge on any atom is 0.255 e. The smallest absolute Gasteiger partial charge is 0.255 e. The van der Waals surface area contributed by atoms with Gasteiger partial charge in [-0.05, 0) is 33.1 Å². The Morgan fingerprint density at radius 2 is 2.27 bits per heavy atom. The van der Waals surface area contributed by atoms with Crippen LogP contribution in [0.2, 0.25) is 0 Å². The van der Waals surface area contributed by atoms with Gasteiger partial charge in [-0.25, -0.2) is 4.98 Å². The van der Waals surface area contributed by atoms with Gasteiger partial charge in [0.2, 0.25) is 11.9 Å². The molecule has 0 saturated carbocycles. The summed E-state index contributed by atoms with van der Waals surface area (Å²) in [5.41, 5.74) is 2.09. The largest absolute Gasteiger partial charge is 0.309 e. The first-order valence-electron chi connectivity index (χ1n) is 7.09. The molecule has 2 aromatic heterocycles. The Bertz CT molecular complexity index is 793. The summed E-state index contributed by atoms with van der Waals surface area (Å²) in [4.78, 5) is 31.1. The minimum Gasteiger partial charge on any atom is -0.309 e. The quantitative estimate of drug-likeness (QED) is 0.834. The molecule has 0 aromatic carbocycles. The Hall–Kier alpha value is -2.15. The van der Waals surface area contributed by atoms with Crippen molar-refractivity contribution in [1.29, 1.82) is 0 Å². The van der Waals surface area contributed by atoms with Crippen molar-refractivity contribution in [3.8, 4) is 5.95 Å². The van der Waals surface area contributed by atoms with Gasteiger partial charge >= 0.3 is 0 Å². The SMILES string of the molecule is Cc1cc(NC(=O)[C@@H](C)Cl)n(-c2nc3c(c(=O)[nH]2)CCC3)n1. The van der Waals surface area contributed by atoms with E-state index in [1.807, 2.05) is 0 Å². The molecule has 0 unspecified atom stereocenters. The number of rotatable bonds is 3. The number of nitrogens with zero attached hydrogens (tertiary/aromatic N) is 3. The Balaban J connectivity index is 2.04. The Morgan fingerprint density at radius 1 is 1.50 bits per heavy atom. The van der Waals surface area contributed by atoms with Crippen molar-refractivity contribution in [2.24, 2.45) is 0 Å². The average molecular weight is 322 g/mol. The van der Waals surface area contributed by atoms with Crippen molar-refractivity contribution in [2.45, 2.75) is 38.5 Å². The van der Waals surface area contributed by atoms with Gasteiger partial charge in [0.05, 0.1) is 11.4 Å². The Labute approximate surface area is 131 Å². The van der Waals surface area contributed by atoms with Gasteiger partial charge in [0.25, 0.3) is 5.56 Å². The highest BCUT2D eigenvalue weighted by atomic mass is 35.5. The van der Waals surface area contributed by atoms with Crippen LogP contribution in [0, 0.1) is 6.92 Å². The highest BCUT2D eigenvalue weighted by Crippen LogP contribution is 2.19. The lowest BCUT2D eigenvalue weighted by Gasteiger charge is -2.09. The number of alkyl halides is 1. The number of carbonyl (C=O) groups is 1. The second-order valence-electron chi connectivity index (χ2n) is 5.36. The fourth-order valence-electron chi connectivity index (χ4n) is 2.50. The third-order valence-corrected chi connectivity index (χ3v) is 3.77. The first-order chi connectivity index (χ1) is 10.5. The number of hydrogen-bond acceptors (Lipinski definition) is 4. The van der Waals surface area contributed by atoms with Crippen LogP contribution in [0.15, 0.2) is 10.9 Å². The molecule has 0 aliphatic heterocycles. The van der Waals surface area contributed by atoms with E-state index in [9.17, 15) is 9.59 Å².